The van der Waals surface area contributed by atoms with E-state index in [-0.39, 0.29) is 34.4 Å². The molecule has 11 heteroatoms. The number of ether oxygens (including phenoxy) is 1. The smallest absolute Gasteiger partial charge is 0.225 e. The van der Waals surface area contributed by atoms with E-state index in [1.807, 2.05) is 55.3 Å². The van der Waals surface area contributed by atoms with Gasteiger partial charge in [-0.15, -0.1) is 0 Å². The lowest BCUT2D eigenvalue weighted by Gasteiger charge is -2.28. The highest BCUT2D eigenvalue weighted by atomic mass is 19.1. The molecule has 0 aliphatic rings. The number of nitrogens with one attached hydrogen (secondary N) is 2. The molecule has 3 aromatic carbocycles. The van der Waals surface area contributed by atoms with E-state index in [2.05, 4.69) is 20.3 Å². The molecule has 44 heavy (non-hydrogen) atoms. The number of nitrogens with two attached hydrogens (primary N) is 1. The number of likely N-dealkylation sites (N-methyl/N-ethyl adjacent to an activating group) is 1. The number of aliphatic imine (C=N–C) groups is 1. The summed E-state index contributed by atoms with van der Waals surface area (Å²) in [5.41, 5.74) is 7.69. The Morgan fingerprint density at radius 1 is 1.00 bits per heavy atom. The van der Waals surface area contributed by atoms with Crippen molar-refractivity contribution in [3.63, 3.8) is 0 Å². The molecule has 10 nitrogen and oxygen atoms in total. The number of amidine groups is 1. The van der Waals surface area contributed by atoms with E-state index in [1.165, 1.54) is 18.5 Å². The lowest BCUT2D eigenvalue weighted by Crippen LogP contribution is -2.40. The number of para-hydroxylation sites is 3. The maximum Gasteiger partial charge on any atom is 0.225 e. The molecule has 5 aromatic rings. The van der Waals surface area contributed by atoms with Gasteiger partial charge in [-0.1, -0.05) is 48.5 Å². The second-order valence-corrected chi connectivity index (χ2v) is 9.67. The first kappa shape index (κ1) is 29.5. The van der Waals surface area contributed by atoms with E-state index in [1.54, 1.807) is 48.5 Å². The Morgan fingerprint density at radius 3 is 2.39 bits per heavy atom. The molecule has 220 valence electrons. The van der Waals surface area contributed by atoms with Crippen LogP contribution in [0.15, 0.2) is 108 Å². The predicted octanol–water partition coefficient (Wildman–Crippen LogP) is 6.28. The highest BCUT2D eigenvalue weighted by molar-refractivity contribution is 6.16. The zero-order chi connectivity index (χ0) is 31.1. The maximum atomic E-state index is 15.3. The molecule has 0 fully saturated rings. The Balaban J connectivity index is 1.48. The summed E-state index contributed by atoms with van der Waals surface area (Å²) in [5, 5.41) is 12.2. The van der Waals surface area contributed by atoms with E-state index >= 15 is 4.39 Å². The second kappa shape index (κ2) is 13.3. The normalized spacial score (nSPS) is 11.8. The molecule has 0 aliphatic heterocycles. The van der Waals surface area contributed by atoms with Crippen molar-refractivity contribution < 1.29 is 13.9 Å². The van der Waals surface area contributed by atoms with Crippen LogP contribution in [0.5, 0.6) is 11.6 Å². The van der Waals surface area contributed by atoms with Gasteiger partial charge >= 0.3 is 0 Å². The lowest BCUT2D eigenvalue weighted by molar-refractivity contribution is 0.112. The molecule has 0 radical (unpaired) electrons. The first-order chi connectivity index (χ1) is 21.4. The summed E-state index contributed by atoms with van der Waals surface area (Å²) in [6, 6.07) is 27.8. The molecule has 0 aliphatic carbocycles. The van der Waals surface area contributed by atoms with Crippen LogP contribution in [-0.2, 0) is 0 Å². The summed E-state index contributed by atoms with van der Waals surface area (Å²) in [7, 11) is 1.85. The number of carbonyl (C=O) groups is 1. The van der Waals surface area contributed by atoms with Gasteiger partial charge < -0.3 is 20.7 Å². The van der Waals surface area contributed by atoms with E-state index < -0.39 is 12.0 Å². The lowest BCUT2D eigenvalue weighted by atomic mass is 10.0. The van der Waals surface area contributed by atoms with Crippen LogP contribution >= 0.6 is 0 Å². The topological polar surface area (TPSA) is 142 Å². The zero-order valence-corrected chi connectivity index (χ0v) is 24.0. The number of rotatable bonds is 10. The van der Waals surface area contributed by atoms with Gasteiger partial charge in [-0.05, 0) is 49.4 Å². The number of carbonyl (C=O) groups excluding carboxylic acids is 1. The molecule has 0 spiro atoms. The molecule has 5 rings (SSSR count). The molecule has 0 amide bonds. The van der Waals surface area contributed by atoms with Crippen LogP contribution in [0.25, 0.3) is 0 Å². The number of halogens is 1. The molecule has 0 saturated heterocycles. The van der Waals surface area contributed by atoms with Crippen molar-refractivity contribution >= 4 is 40.8 Å². The Hall–Kier alpha value is -5.97. The number of anilines is 3. The molecule has 0 bridgehead atoms. The summed E-state index contributed by atoms with van der Waals surface area (Å²) < 4.78 is 20.9. The number of aromatic nitrogens is 3. The van der Waals surface area contributed by atoms with Gasteiger partial charge in [-0.3, -0.25) is 10.2 Å². The fourth-order valence-corrected chi connectivity index (χ4v) is 4.49. The monoisotopic (exact) mass is 588 g/mol. The van der Waals surface area contributed by atoms with Gasteiger partial charge in [0.15, 0.2) is 6.29 Å². The van der Waals surface area contributed by atoms with Crippen LogP contribution < -0.4 is 20.7 Å². The minimum absolute atomic E-state index is 0.0232. The summed E-state index contributed by atoms with van der Waals surface area (Å²) in [5.74, 6) is 0.325. The summed E-state index contributed by atoms with van der Waals surface area (Å²) in [6.45, 7) is 1.85. The molecule has 4 N–H and O–H groups in total. The Labute approximate surface area is 253 Å². The molecule has 1 unspecified atom stereocenters. The van der Waals surface area contributed by atoms with Crippen molar-refractivity contribution in [3.05, 3.63) is 126 Å². The number of pyridine rings is 1. The summed E-state index contributed by atoms with van der Waals surface area (Å²) in [4.78, 5) is 30.8. The van der Waals surface area contributed by atoms with Crippen LogP contribution in [0.2, 0.25) is 0 Å². The summed E-state index contributed by atoms with van der Waals surface area (Å²) >= 11 is 0. The van der Waals surface area contributed by atoms with Crippen LogP contribution in [0, 0.1) is 11.4 Å². The van der Waals surface area contributed by atoms with Gasteiger partial charge in [-0.25, -0.2) is 15.0 Å². The second-order valence-electron chi connectivity index (χ2n) is 9.67. The van der Waals surface area contributed by atoms with E-state index in [0.717, 1.165) is 12.0 Å². The van der Waals surface area contributed by atoms with Gasteiger partial charge in [-0.2, -0.15) is 9.37 Å². The van der Waals surface area contributed by atoms with Gasteiger partial charge in [0, 0.05) is 24.4 Å². The van der Waals surface area contributed by atoms with Crippen molar-refractivity contribution in [2.75, 3.05) is 23.0 Å². The number of benzene rings is 3. The van der Waals surface area contributed by atoms with Crippen LogP contribution in [0.4, 0.5) is 27.4 Å². The number of nitrogens with zero attached hydrogens (tertiary/aromatic N) is 5. The quantitative estimate of drug-likeness (QED) is 0.0749. The molecule has 1 atom stereocenters. The molecular weight excluding hydrogens is 559 g/mol. The third-order valence-electron chi connectivity index (χ3n) is 6.71. The third-order valence-corrected chi connectivity index (χ3v) is 6.71. The average Bonchev–Trinajstić information content (AvgIpc) is 3.04. The Morgan fingerprint density at radius 2 is 1.68 bits per heavy atom. The first-order valence-electron chi connectivity index (χ1n) is 13.6. The van der Waals surface area contributed by atoms with Crippen LogP contribution in [0.3, 0.4) is 0 Å². The fraction of sp³-hybridized carbons (Fsp3) is 0.0909. The zero-order valence-electron chi connectivity index (χ0n) is 24.0. The molecule has 2 aromatic heterocycles. The largest absolute Gasteiger partial charge is 0.439 e. The van der Waals surface area contributed by atoms with Gasteiger partial charge in [0.05, 0.1) is 28.6 Å². The van der Waals surface area contributed by atoms with E-state index in [9.17, 15) is 4.79 Å². The maximum absolute atomic E-state index is 15.3. The number of hydrogen-bond donors (Lipinski definition) is 3. The average molecular weight is 589 g/mol. The van der Waals surface area contributed by atoms with Crippen LogP contribution in [-0.4, -0.2) is 45.9 Å². The minimum atomic E-state index is -0.915. The van der Waals surface area contributed by atoms with Crippen molar-refractivity contribution in [1.82, 2.24) is 15.0 Å². The van der Waals surface area contributed by atoms with Gasteiger partial charge in [0.25, 0.3) is 0 Å². The minimum Gasteiger partial charge on any atom is -0.439 e. The number of hydrogen-bond acceptors (Lipinski definition) is 9. The molecule has 2 heterocycles. The van der Waals surface area contributed by atoms with Crippen molar-refractivity contribution in [2.45, 2.75) is 13.0 Å². The van der Waals surface area contributed by atoms with E-state index in [4.69, 9.17) is 20.9 Å². The summed E-state index contributed by atoms with van der Waals surface area (Å²) in [6.07, 6.45) is 2.01. The fourth-order valence-electron chi connectivity index (χ4n) is 4.49. The highest BCUT2D eigenvalue weighted by Crippen LogP contribution is 2.27. The Bertz CT molecular complexity index is 1820. The standard InChI is InChI=1S/C33H29FN8O2/c1-21(33(42(2)23-12-5-3-6-13-23)40-26-16-10-9-11-22(26)19-43)39-32-28(31(36)37-20-38-32)29(35)25-17-18-27(41-30(25)34)44-24-14-7-4-8-15-24/h3-21,35H,1-2H3,(H3,36,37,38,39). The molecular formula is C33H29FN8O2. The highest BCUT2D eigenvalue weighted by Gasteiger charge is 2.24. The first-order valence-corrected chi connectivity index (χ1v) is 13.6. The SMILES string of the molecule is CC(Nc1ncnc(N)c1C(=N)c1ccc(Oc2ccccc2)nc1F)C(=Nc1ccccc1C=O)N(C)c1ccccc1. The van der Waals surface area contributed by atoms with Crippen molar-refractivity contribution in [3.8, 4) is 11.6 Å². The van der Waals surface area contributed by atoms with Gasteiger partial charge in [0.2, 0.25) is 11.8 Å². The van der Waals surface area contributed by atoms with Crippen LogP contribution in [0.1, 0.15) is 28.4 Å². The van der Waals surface area contributed by atoms with Crippen molar-refractivity contribution in [1.29, 1.82) is 5.41 Å². The number of nitrogen functional groups attached to an aromatic ring is 1. The Kier molecular flexibility index (Phi) is 8.95. The number of aldehydes is 1. The van der Waals surface area contributed by atoms with E-state index in [0.29, 0.717) is 22.8 Å². The third kappa shape index (κ3) is 6.57. The predicted molar refractivity (Wildman–Crippen MR) is 170 cm³/mol. The molecule has 0 saturated carbocycles. The van der Waals surface area contributed by atoms with Gasteiger partial charge in [0.1, 0.15) is 29.5 Å². The van der Waals surface area contributed by atoms with Crippen molar-refractivity contribution in [2.24, 2.45) is 4.99 Å².